The van der Waals surface area contributed by atoms with Gasteiger partial charge in [-0.1, -0.05) is 67.6 Å². The van der Waals surface area contributed by atoms with Crippen molar-refractivity contribution in [1.82, 2.24) is 9.55 Å². The summed E-state index contributed by atoms with van der Waals surface area (Å²) in [6, 6.07) is 32.0. The van der Waals surface area contributed by atoms with Gasteiger partial charge in [0.25, 0.3) is 0 Å². The standard InChI is InChI=1S/C28H20N2O/c1-2-18-10-9-17-25-26(18)28(20-12-4-8-16-24(20)31-25)19-11-3-6-14-22(19)30-23-15-7-5-13-21(23)29-27(28)30/h3-17H,2H2,1H3. The molecule has 3 heteroatoms. The third-order valence-electron chi connectivity index (χ3n) is 6.82. The first-order valence-electron chi connectivity index (χ1n) is 10.8. The lowest BCUT2D eigenvalue weighted by Crippen LogP contribution is -2.34. The van der Waals surface area contributed by atoms with Crippen molar-refractivity contribution in [3.63, 3.8) is 0 Å². The molecule has 148 valence electrons. The number of para-hydroxylation sites is 4. The van der Waals surface area contributed by atoms with Crippen molar-refractivity contribution in [2.45, 2.75) is 18.8 Å². The van der Waals surface area contributed by atoms with Crippen LogP contribution >= 0.6 is 0 Å². The van der Waals surface area contributed by atoms with Crippen molar-refractivity contribution in [1.29, 1.82) is 0 Å². The number of hydrogen-bond acceptors (Lipinski definition) is 2. The molecule has 0 radical (unpaired) electrons. The Bertz CT molecular complexity index is 1510. The summed E-state index contributed by atoms with van der Waals surface area (Å²) in [5, 5.41) is 0. The fourth-order valence-corrected chi connectivity index (χ4v) is 5.64. The summed E-state index contributed by atoms with van der Waals surface area (Å²) >= 11 is 0. The van der Waals surface area contributed by atoms with Crippen LogP contribution in [0.3, 0.4) is 0 Å². The van der Waals surface area contributed by atoms with Crippen LogP contribution in [0.4, 0.5) is 0 Å². The molecule has 0 aliphatic carbocycles. The number of aromatic nitrogens is 2. The van der Waals surface area contributed by atoms with Gasteiger partial charge >= 0.3 is 0 Å². The van der Waals surface area contributed by atoms with Crippen molar-refractivity contribution >= 4 is 11.0 Å². The van der Waals surface area contributed by atoms with Gasteiger partial charge in [-0.15, -0.1) is 0 Å². The summed E-state index contributed by atoms with van der Waals surface area (Å²) in [6.07, 6.45) is 0.929. The zero-order chi connectivity index (χ0) is 20.6. The first-order valence-corrected chi connectivity index (χ1v) is 10.8. The smallest absolute Gasteiger partial charge is 0.134 e. The molecule has 1 spiro atoms. The van der Waals surface area contributed by atoms with Crippen molar-refractivity contribution in [2.75, 3.05) is 0 Å². The fourth-order valence-electron chi connectivity index (χ4n) is 5.64. The molecule has 0 bridgehead atoms. The largest absolute Gasteiger partial charge is 0.457 e. The molecule has 1 unspecified atom stereocenters. The van der Waals surface area contributed by atoms with Crippen molar-refractivity contribution in [3.05, 3.63) is 119 Å². The van der Waals surface area contributed by atoms with Gasteiger partial charge in [0, 0.05) is 11.1 Å². The minimum atomic E-state index is -0.508. The van der Waals surface area contributed by atoms with E-state index in [9.17, 15) is 0 Å². The Balaban J connectivity index is 1.76. The van der Waals surface area contributed by atoms with E-state index in [-0.39, 0.29) is 0 Å². The van der Waals surface area contributed by atoms with Gasteiger partial charge in [-0.3, -0.25) is 4.57 Å². The molecule has 7 rings (SSSR count). The second-order valence-electron chi connectivity index (χ2n) is 8.27. The second-order valence-corrected chi connectivity index (χ2v) is 8.27. The molecule has 0 N–H and O–H groups in total. The van der Waals surface area contributed by atoms with Crippen LogP contribution in [-0.2, 0) is 11.8 Å². The van der Waals surface area contributed by atoms with Gasteiger partial charge in [0.05, 0.1) is 16.7 Å². The summed E-state index contributed by atoms with van der Waals surface area (Å²) in [7, 11) is 0. The van der Waals surface area contributed by atoms with E-state index >= 15 is 0 Å². The highest BCUT2D eigenvalue weighted by Gasteiger charge is 2.54. The normalized spacial score (nSPS) is 17.7. The number of benzene rings is 4. The Kier molecular flexibility index (Phi) is 3.19. The van der Waals surface area contributed by atoms with Crippen molar-refractivity contribution < 1.29 is 4.74 Å². The lowest BCUT2D eigenvalue weighted by molar-refractivity contribution is 0.431. The summed E-state index contributed by atoms with van der Waals surface area (Å²) in [5.41, 5.74) is 7.78. The summed E-state index contributed by atoms with van der Waals surface area (Å²) in [5.74, 6) is 2.87. The molecule has 0 amide bonds. The molecule has 0 fully saturated rings. The topological polar surface area (TPSA) is 27.1 Å². The number of rotatable bonds is 1. The molecule has 2 aliphatic heterocycles. The van der Waals surface area contributed by atoms with Crippen molar-refractivity contribution in [2.24, 2.45) is 0 Å². The maximum absolute atomic E-state index is 6.47. The van der Waals surface area contributed by atoms with Gasteiger partial charge in [0.1, 0.15) is 22.7 Å². The molecule has 3 heterocycles. The van der Waals surface area contributed by atoms with Crippen LogP contribution in [-0.4, -0.2) is 9.55 Å². The Morgan fingerprint density at radius 1 is 0.774 bits per heavy atom. The highest BCUT2D eigenvalue weighted by Crippen LogP contribution is 2.60. The summed E-state index contributed by atoms with van der Waals surface area (Å²) in [6.45, 7) is 2.22. The Morgan fingerprint density at radius 2 is 1.52 bits per heavy atom. The van der Waals surface area contributed by atoms with E-state index in [0.717, 1.165) is 40.3 Å². The first-order chi connectivity index (χ1) is 15.3. The molecule has 2 aliphatic rings. The molecule has 0 saturated carbocycles. The number of fused-ring (bicyclic) bond motifs is 11. The lowest BCUT2D eigenvalue weighted by Gasteiger charge is -2.38. The molecule has 1 atom stereocenters. The number of hydrogen-bond donors (Lipinski definition) is 0. The zero-order valence-electron chi connectivity index (χ0n) is 17.2. The molecule has 1 aromatic heterocycles. The Hall–Kier alpha value is -3.85. The quantitative estimate of drug-likeness (QED) is 0.319. The van der Waals surface area contributed by atoms with Crippen LogP contribution in [0.5, 0.6) is 11.5 Å². The molecule has 3 nitrogen and oxygen atoms in total. The number of imidazole rings is 1. The van der Waals surface area contributed by atoms with Gasteiger partial charge in [-0.2, -0.15) is 0 Å². The maximum Gasteiger partial charge on any atom is 0.134 e. The maximum atomic E-state index is 6.47. The predicted molar refractivity (Wildman–Crippen MR) is 122 cm³/mol. The number of aryl methyl sites for hydroxylation is 1. The van der Waals surface area contributed by atoms with Crippen LogP contribution in [0, 0.1) is 0 Å². The number of nitrogens with zero attached hydrogens (tertiary/aromatic N) is 2. The van der Waals surface area contributed by atoms with Gasteiger partial charge in [0.15, 0.2) is 0 Å². The van der Waals surface area contributed by atoms with E-state index < -0.39 is 5.41 Å². The predicted octanol–water partition coefficient (Wildman–Crippen LogP) is 6.39. The molecule has 0 saturated heterocycles. The van der Waals surface area contributed by atoms with E-state index in [1.54, 1.807) is 0 Å². The first kappa shape index (κ1) is 16.9. The average Bonchev–Trinajstić information content (AvgIpc) is 3.33. The van der Waals surface area contributed by atoms with Crippen LogP contribution in [0.15, 0.2) is 91.0 Å². The van der Waals surface area contributed by atoms with Gasteiger partial charge in [-0.05, 0) is 47.9 Å². The average molecular weight is 400 g/mol. The molecule has 4 aromatic carbocycles. The highest BCUT2D eigenvalue weighted by molar-refractivity contribution is 5.85. The SMILES string of the molecule is CCc1cccc2c1C1(c3ccccc3O2)c2ccccc2-n2c1nc1ccccc12. The third kappa shape index (κ3) is 1.92. The van der Waals surface area contributed by atoms with Gasteiger partial charge in [0.2, 0.25) is 0 Å². The summed E-state index contributed by atoms with van der Waals surface area (Å²) < 4.78 is 8.82. The Morgan fingerprint density at radius 3 is 2.42 bits per heavy atom. The Labute approximate surface area is 180 Å². The molecule has 31 heavy (non-hydrogen) atoms. The second kappa shape index (κ2) is 5.86. The molecule has 5 aromatic rings. The minimum absolute atomic E-state index is 0.508. The summed E-state index contributed by atoms with van der Waals surface area (Å²) in [4.78, 5) is 5.27. The van der Waals surface area contributed by atoms with Crippen LogP contribution in [0.2, 0.25) is 0 Å². The third-order valence-corrected chi connectivity index (χ3v) is 6.82. The van der Waals surface area contributed by atoms with E-state index in [1.165, 1.54) is 22.4 Å². The minimum Gasteiger partial charge on any atom is -0.457 e. The van der Waals surface area contributed by atoms with E-state index in [0.29, 0.717) is 0 Å². The van der Waals surface area contributed by atoms with Crippen LogP contribution < -0.4 is 4.74 Å². The van der Waals surface area contributed by atoms with Crippen LogP contribution in [0.1, 0.15) is 35.0 Å². The zero-order valence-corrected chi connectivity index (χ0v) is 17.2. The lowest BCUT2D eigenvalue weighted by atomic mass is 9.66. The fraction of sp³-hybridized carbons (Fsp3) is 0.107. The highest BCUT2D eigenvalue weighted by atomic mass is 16.5. The van der Waals surface area contributed by atoms with Gasteiger partial charge in [-0.25, -0.2) is 4.98 Å². The molecular weight excluding hydrogens is 380 g/mol. The van der Waals surface area contributed by atoms with Crippen molar-refractivity contribution in [3.8, 4) is 17.2 Å². The van der Waals surface area contributed by atoms with E-state index in [1.807, 2.05) is 6.07 Å². The van der Waals surface area contributed by atoms with Crippen LogP contribution in [0.25, 0.3) is 16.7 Å². The van der Waals surface area contributed by atoms with E-state index in [2.05, 4.69) is 96.4 Å². The van der Waals surface area contributed by atoms with Gasteiger partial charge < -0.3 is 4.74 Å². The monoisotopic (exact) mass is 400 g/mol. The molecular formula is C28H20N2O. The number of ether oxygens (including phenoxy) is 1. The van der Waals surface area contributed by atoms with E-state index in [4.69, 9.17) is 9.72 Å².